The first kappa shape index (κ1) is 22.1. The number of ether oxygens (including phenoxy) is 1. The molecule has 0 aromatic heterocycles. The fraction of sp³-hybridized carbons (Fsp3) is 0.480. The van der Waals surface area contributed by atoms with Crippen LogP contribution in [0.4, 0.5) is 4.79 Å². The topological polar surface area (TPSA) is 102 Å². The minimum absolute atomic E-state index is 0.00174. The number of benzene rings is 2. The zero-order chi connectivity index (χ0) is 23.0. The number of nitrogens with zero attached hydrogens (tertiary/aromatic N) is 1. The highest BCUT2D eigenvalue weighted by Crippen LogP contribution is 2.43. The summed E-state index contributed by atoms with van der Waals surface area (Å²) in [6.45, 7) is 5.42. The summed E-state index contributed by atoms with van der Waals surface area (Å²) >= 11 is 0. The zero-order valence-corrected chi connectivity index (χ0v) is 18.8. The van der Waals surface area contributed by atoms with E-state index >= 15 is 0 Å². The standard InChI is InChI=1S/C25H31N3O4/c1-25(2,3)32-24(31)28-19-11-10-18(14-19)21(28)23(30)27-20(22(26)29)13-15-8-9-16-6-4-5-7-17(16)12-15/h4-9,12,18-21H,10-11,13-14H2,1-3H3,(H2,26,29)(H,27,30)/t18-,19+,20-,21-/m0/s1. The predicted molar refractivity (Wildman–Crippen MR) is 122 cm³/mol. The molecule has 3 amide bonds. The van der Waals surface area contributed by atoms with Gasteiger partial charge in [0.15, 0.2) is 0 Å². The Balaban J connectivity index is 1.50. The summed E-state index contributed by atoms with van der Waals surface area (Å²) in [4.78, 5) is 39.9. The van der Waals surface area contributed by atoms with Gasteiger partial charge in [-0.2, -0.15) is 0 Å². The van der Waals surface area contributed by atoms with E-state index in [0.717, 1.165) is 35.6 Å². The van der Waals surface area contributed by atoms with Crippen LogP contribution in [-0.4, -0.2) is 46.5 Å². The number of amides is 3. The average Bonchev–Trinajstić information content (AvgIpc) is 3.33. The molecule has 1 heterocycles. The molecule has 2 aliphatic rings. The number of rotatable bonds is 5. The quantitative estimate of drug-likeness (QED) is 0.750. The number of carbonyl (C=O) groups excluding carboxylic acids is 3. The number of primary amides is 1. The van der Waals surface area contributed by atoms with Gasteiger partial charge in [0.2, 0.25) is 11.8 Å². The molecule has 7 nitrogen and oxygen atoms in total. The molecule has 0 radical (unpaired) electrons. The van der Waals surface area contributed by atoms with Gasteiger partial charge in [0, 0.05) is 12.5 Å². The Bertz CT molecular complexity index is 1040. The van der Waals surface area contributed by atoms with Crippen LogP contribution >= 0.6 is 0 Å². The molecule has 32 heavy (non-hydrogen) atoms. The number of likely N-dealkylation sites (tertiary alicyclic amines) is 1. The van der Waals surface area contributed by atoms with Crippen LogP contribution in [0.2, 0.25) is 0 Å². The van der Waals surface area contributed by atoms with Crippen LogP contribution < -0.4 is 11.1 Å². The van der Waals surface area contributed by atoms with Gasteiger partial charge in [0.05, 0.1) is 0 Å². The molecule has 0 spiro atoms. The molecule has 1 saturated heterocycles. The van der Waals surface area contributed by atoms with Crippen molar-refractivity contribution in [2.75, 3.05) is 0 Å². The molecule has 0 unspecified atom stereocenters. The predicted octanol–water partition coefficient (Wildman–Crippen LogP) is 3.14. The second-order valence-electron chi connectivity index (χ2n) is 9.91. The van der Waals surface area contributed by atoms with Crippen molar-refractivity contribution >= 4 is 28.7 Å². The minimum Gasteiger partial charge on any atom is -0.444 e. The van der Waals surface area contributed by atoms with Gasteiger partial charge in [-0.3, -0.25) is 14.5 Å². The van der Waals surface area contributed by atoms with E-state index in [1.807, 2.05) is 42.5 Å². The third-order valence-corrected chi connectivity index (χ3v) is 6.37. The Morgan fingerprint density at radius 3 is 2.53 bits per heavy atom. The van der Waals surface area contributed by atoms with E-state index in [1.165, 1.54) is 0 Å². The number of carbonyl (C=O) groups is 3. The molecule has 3 N–H and O–H groups in total. The first-order chi connectivity index (χ1) is 15.1. The number of nitrogens with one attached hydrogen (secondary N) is 1. The number of nitrogens with two attached hydrogens (primary N) is 1. The monoisotopic (exact) mass is 437 g/mol. The van der Waals surface area contributed by atoms with Crippen LogP contribution in [0.5, 0.6) is 0 Å². The summed E-state index contributed by atoms with van der Waals surface area (Å²) in [7, 11) is 0. The number of hydrogen-bond acceptors (Lipinski definition) is 4. The second kappa shape index (κ2) is 8.45. The van der Waals surface area contributed by atoms with Crippen LogP contribution in [0, 0.1) is 5.92 Å². The molecule has 2 fully saturated rings. The average molecular weight is 438 g/mol. The van der Waals surface area contributed by atoms with Crippen molar-refractivity contribution < 1.29 is 19.1 Å². The normalized spacial score (nSPS) is 23.2. The van der Waals surface area contributed by atoms with E-state index in [-0.39, 0.29) is 17.9 Å². The van der Waals surface area contributed by atoms with Crippen molar-refractivity contribution in [2.24, 2.45) is 11.7 Å². The van der Waals surface area contributed by atoms with Gasteiger partial charge in [0.25, 0.3) is 0 Å². The molecule has 4 atom stereocenters. The number of piperidine rings is 1. The molecular formula is C25H31N3O4. The van der Waals surface area contributed by atoms with E-state index in [1.54, 1.807) is 25.7 Å². The molecule has 4 rings (SSSR count). The van der Waals surface area contributed by atoms with E-state index in [9.17, 15) is 14.4 Å². The van der Waals surface area contributed by atoms with Crippen LogP contribution in [-0.2, 0) is 20.7 Å². The first-order valence-corrected chi connectivity index (χ1v) is 11.2. The highest BCUT2D eigenvalue weighted by molar-refractivity contribution is 5.92. The molecule has 7 heteroatoms. The lowest BCUT2D eigenvalue weighted by Crippen LogP contribution is -2.57. The van der Waals surface area contributed by atoms with Crippen molar-refractivity contribution in [1.82, 2.24) is 10.2 Å². The lowest BCUT2D eigenvalue weighted by molar-refractivity contribution is -0.132. The summed E-state index contributed by atoms with van der Waals surface area (Å²) in [6.07, 6.45) is 2.34. The SMILES string of the molecule is CC(C)(C)OC(=O)N1[C@@H]2CC[C@@H](C2)[C@H]1C(=O)N[C@@H](Cc1ccc2ccccc2c1)C(N)=O. The number of hydrogen-bond donors (Lipinski definition) is 2. The zero-order valence-electron chi connectivity index (χ0n) is 18.8. The van der Waals surface area contributed by atoms with Gasteiger partial charge in [-0.25, -0.2) is 4.79 Å². The van der Waals surface area contributed by atoms with Crippen LogP contribution in [0.25, 0.3) is 10.8 Å². The van der Waals surface area contributed by atoms with Gasteiger partial charge < -0.3 is 15.8 Å². The summed E-state index contributed by atoms with van der Waals surface area (Å²) in [5.41, 5.74) is 5.90. The van der Waals surface area contributed by atoms with Crippen molar-refractivity contribution in [2.45, 2.75) is 70.2 Å². The second-order valence-corrected chi connectivity index (χ2v) is 9.91. The third kappa shape index (κ3) is 4.56. The summed E-state index contributed by atoms with van der Waals surface area (Å²) in [6, 6.07) is 12.4. The van der Waals surface area contributed by atoms with Crippen LogP contribution in [0.1, 0.15) is 45.6 Å². The van der Waals surface area contributed by atoms with E-state index in [2.05, 4.69) is 5.32 Å². The molecule has 1 saturated carbocycles. The van der Waals surface area contributed by atoms with Crippen LogP contribution in [0.15, 0.2) is 42.5 Å². The van der Waals surface area contributed by atoms with Crippen molar-refractivity contribution in [3.8, 4) is 0 Å². The minimum atomic E-state index is -0.858. The maximum Gasteiger partial charge on any atom is 0.411 e. The van der Waals surface area contributed by atoms with Gasteiger partial charge in [-0.1, -0.05) is 42.5 Å². The smallest absolute Gasteiger partial charge is 0.411 e. The molecule has 1 aliphatic carbocycles. The van der Waals surface area contributed by atoms with Gasteiger partial charge in [-0.05, 0) is 62.3 Å². The van der Waals surface area contributed by atoms with E-state index in [0.29, 0.717) is 6.42 Å². The fourth-order valence-electron chi connectivity index (χ4n) is 4.98. The summed E-state index contributed by atoms with van der Waals surface area (Å²) in [5, 5.41) is 4.99. The molecule has 170 valence electrons. The Hall–Kier alpha value is -3.09. The summed E-state index contributed by atoms with van der Waals surface area (Å²) in [5.74, 6) is -0.868. The van der Waals surface area contributed by atoms with E-state index < -0.39 is 29.7 Å². The van der Waals surface area contributed by atoms with Gasteiger partial charge in [0.1, 0.15) is 17.7 Å². The van der Waals surface area contributed by atoms with E-state index in [4.69, 9.17) is 10.5 Å². The highest BCUT2D eigenvalue weighted by Gasteiger charge is 2.52. The molecule has 1 aliphatic heterocycles. The summed E-state index contributed by atoms with van der Waals surface area (Å²) < 4.78 is 5.56. The van der Waals surface area contributed by atoms with Crippen molar-refractivity contribution in [3.63, 3.8) is 0 Å². The van der Waals surface area contributed by atoms with Gasteiger partial charge >= 0.3 is 6.09 Å². The Morgan fingerprint density at radius 2 is 1.84 bits per heavy atom. The lowest BCUT2D eigenvalue weighted by Gasteiger charge is -2.36. The highest BCUT2D eigenvalue weighted by atomic mass is 16.6. The van der Waals surface area contributed by atoms with Crippen molar-refractivity contribution in [1.29, 1.82) is 0 Å². The molecule has 2 aromatic carbocycles. The lowest BCUT2D eigenvalue weighted by atomic mass is 9.96. The molecule has 2 bridgehead atoms. The van der Waals surface area contributed by atoms with Gasteiger partial charge in [-0.15, -0.1) is 0 Å². The Morgan fingerprint density at radius 1 is 1.12 bits per heavy atom. The van der Waals surface area contributed by atoms with Crippen molar-refractivity contribution in [3.05, 3.63) is 48.0 Å². The van der Waals surface area contributed by atoms with Crippen LogP contribution in [0.3, 0.4) is 0 Å². The largest absolute Gasteiger partial charge is 0.444 e. The fourth-order valence-corrected chi connectivity index (χ4v) is 4.98. The third-order valence-electron chi connectivity index (χ3n) is 6.37. The maximum absolute atomic E-state index is 13.3. The first-order valence-electron chi connectivity index (χ1n) is 11.2. The number of fused-ring (bicyclic) bond motifs is 3. The Labute approximate surface area is 188 Å². The maximum atomic E-state index is 13.3. The Kier molecular flexibility index (Phi) is 5.84. The molecule has 2 aromatic rings. The molecular weight excluding hydrogens is 406 g/mol.